The van der Waals surface area contributed by atoms with E-state index in [-0.39, 0.29) is 29.2 Å². The number of anilines is 1. The Morgan fingerprint density at radius 3 is 2.76 bits per heavy atom. The number of nitrogens with zero attached hydrogens (tertiary/aromatic N) is 2. The van der Waals surface area contributed by atoms with Crippen molar-refractivity contribution in [3.63, 3.8) is 0 Å². The first kappa shape index (κ1) is 20.8. The van der Waals surface area contributed by atoms with Gasteiger partial charge < -0.3 is 5.32 Å². The first-order valence-electron chi connectivity index (χ1n) is 10.9. The zero-order chi connectivity index (χ0) is 20.4. The highest BCUT2D eigenvalue weighted by Gasteiger charge is 2.54. The van der Waals surface area contributed by atoms with Crippen LogP contribution >= 0.6 is 11.3 Å². The van der Waals surface area contributed by atoms with Crippen molar-refractivity contribution < 1.29 is 14.8 Å². The van der Waals surface area contributed by atoms with Crippen molar-refractivity contribution in [3.05, 3.63) is 11.1 Å². The molecule has 3 aliphatic rings. The molecule has 3 N–H and O–H groups in total. The summed E-state index contributed by atoms with van der Waals surface area (Å²) in [4.78, 5) is 32.6. The number of nitrogens with one attached hydrogen (secondary N) is 2. The van der Waals surface area contributed by atoms with Crippen LogP contribution in [0.5, 0.6) is 0 Å². The predicted octanol–water partition coefficient (Wildman–Crippen LogP) is 3.34. The number of hydrogen-bond acceptors (Lipinski definition) is 6. The molecule has 2 atom stereocenters. The average Bonchev–Trinajstić information content (AvgIpc) is 3.04. The molecule has 1 unspecified atom stereocenters. The van der Waals surface area contributed by atoms with Gasteiger partial charge in [0.1, 0.15) is 0 Å². The number of aryl methyl sites for hydroxylation is 1. The maximum atomic E-state index is 13.0. The second kappa shape index (κ2) is 8.70. The molecule has 2 heterocycles. The van der Waals surface area contributed by atoms with Gasteiger partial charge in [-0.2, -0.15) is 0 Å². The molecule has 1 aromatic rings. The van der Waals surface area contributed by atoms with E-state index in [0.29, 0.717) is 17.5 Å². The Morgan fingerprint density at radius 1 is 1.38 bits per heavy atom. The number of hydroxylamine groups is 1. The van der Waals surface area contributed by atoms with Gasteiger partial charge in [-0.05, 0) is 49.9 Å². The average molecular weight is 421 g/mol. The fraction of sp³-hybridized carbons (Fsp3) is 0.762. The molecule has 1 saturated heterocycles. The lowest BCUT2D eigenvalue weighted by molar-refractivity contribution is -0.130. The van der Waals surface area contributed by atoms with Crippen LogP contribution in [0.3, 0.4) is 0 Å². The molecule has 2 aliphatic carbocycles. The van der Waals surface area contributed by atoms with E-state index in [9.17, 15) is 9.59 Å². The molecule has 1 spiro atoms. The molecule has 8 heteroatoms. The Hall–Kier alpha value is -1.51. The highest BCUT2D eigenvalue weighted by Crippen LogP contribution is 2.55. The lowest BCUT2D eigenvalue weighted by Gasteiger charge is -2.29. The Labute approximate surface area is 176 Å². The summed E-state index contributed by atoms with van der Waals surface area (Å²) in [6.45, 7) is 3.65. The quantitative estimate of drug-likeness (QED) is 0.443. The fourth-order valence-corrected chi connectivity index (χ4v) is 5.98. The molecule has 2 saturated carbocycles. The van der Waals surface area contributed by atoms with E-state index in [1.165, 1.54) is 49.9 Å². The number of hydrogen-bond donors (Lipinski definition) is 3. The summed E-state index contributed by atoms with van der Waals surface area (Å²) in [5.74, 6) is 0.521. The third-order valence-corrected chi connectivity index (χ3v) is 7.78. The first-order valence-corrected chi connectivity index (χ1v) is 11.7. The summed E-state index contributed by atoms with van der Waals surface area (Å²) >= 11 is 1.50. The summed E-state index contributed by atoms with van der Waals surface area (Å²) in [7, 11) is 0. The van der Waals surface area contributed by atoms with Crippen LogP contribution in [0.1, 0.15) is 62.7 Å². The number of rotatable bonds is 8. The van der Waals surface area contributed by atoms with E-state index in [1.807, 2.05) is 6.92 Å². The van der Waals surface area contributed by atoms with Gasteiger partial charge in [0.2, 0.25) is 11.8 Å². The fourth-order valence-electron chi connectivity index (χ4n) is 5.31. The van der Waals surface area contributed by atoms with Crippen LogP contribution in [0.25, 0.3) is 0 Å². The van der Waals surface area contributed by atoms with E-state index < -0.39 is 0 Å². The standard InChI is InChI=1S/C21H32N4O3S/c1-14-11-22-20(29-14)23-19(27)17-10-21(6-7-21)13-25(17)12-16(9-18(26)24-28)8-15-4-2-3-5-15/h11,15-17,28H,2-10,12-13H2,1H3,(H,24,26)(H,22,23,27)/t16?,17-/m0/s1. The Kier molecular flexibility index (Phi) is 6.22. The number of carbonyl (C=O) groups excluding carboxylic acids is 2. The minimum absolute atomic E-state index is 0.0225. The first-order chi connectivity index (χ1) is 14.0. The van der Waals surface area contributed by atoms with Crippen molar-refractivity contribution in [2.45, 2.75) is 70.8 Å². The summed E-state index contributed by atoms with van der Waals surface area (Å²) in [5, 5.41) is 12.7. The van der Waals surface area contributed by atoms with Crippen LogP contribution < -0.4 is 10.8 Å². The van der Waals surface area contributed by atoms with E-state index in [0.717, 1.165) is 30.8 Å². The van der Waals surface area contributed by atoms with Crippen LogP contribution in [0, 0.1) is 24.2 Å². The highest BCUT2D eigenvalue weighted by atomic mass is 32.1. The monoisotopic (exact) mass is 420 g/mol. The van der Waals surface area contributed by atoms with Gasteiger partial charge in [0, 0.05) is 30.6 Å². The van der Waals surface area contributed by atoms with E-state index >= 15 is 0 Å². The number of aromatic nitrogens is 1. The molecular formula is C21H32N4O3S. The molecule has 4 rings (SSSR count). The minimum Gasteiger partial charge on any atom is -0.301 e. The Morgan fingerprint density at radius 2 is 2.14 bits per heavy atom. The molecule has 29 heavy (non-hydrogen) atoms. The van der Waals surface area contributed by atoms with Crippen LogP contribution in [-0.2, 0) is 9.59 Å². The highest BCUT2D eigenvalue weighted by molar-refractivity contribution is 7.15. The maximum Gasteiger partial charge on any atom is 0.243 e. The predicted molar refractivity (Wildman–Crippen MR) is 112 cm³/mol. The van der Waals surface area contributed by atoms with Crippen molar-refractivity contribution in [3.8, 4) is 0 Å². The normalized spacial score (nSPS) is 24.7. The summed E-state index contributed by atoms with van der Waals surface area (Å²) in [5.41, 5.74) is 2.09. The third-order valence-electron chi connectivity index (χ3n) is 6.95. The van der Waals surface area contributed by atoms with E-state index in [2.05, 4.69) is 15.2 Å². The second-order valence-electron chi connectivity index (χ2n) is 9.41. The zero-order valence-electron chi connectivity index (χ0n) is 17.2. The summed E-state index contributed by atoms with van der Waals surface area (Å²) in [6.07, 6.45) is 11.4. The van der Waals surface area contributed by atoms with Crippen LogP contribution in [-0.4, -0.2) is 46.0 Å². The number of thiazole rings is 1. The SMILES string of the molecule is Cc1cnc(NC(=O)[C@@H]2CC3(CC3)CN2CC(CC(=O)NO)CC2CCCC2)s1. The number of likely N-dealkylation sites (tertiary alicyclic amines) is 1. The van der Waals surface area contributed by atoms with Crippen LogP contribution in [0.15, 0.2) is 6.20 Å². The molecule has 7 nitrogen and oxygen atoms in total. The van der Waals surface area contributed by atoms with Crippen LogP contribution in [0.4, 0.5) is 5.13 Å². The van der Waals surface area contributed by atoms with Crippen LogP contribution in [0.2, 0.25) is 0 Å². The number of amides is 2. The molecular weight excluding hydrogens is 388 g/mol. The van der Waals surface area contributed by atoms with Crippen molar-refractivity contribution in [1.82, 2.24) is 15.4 Å². The van der Waals surface area contributed by atoms with E-state index in [1.54, 1.807) is 11.7 Å². The van der Waals surface area contributed by atoms with Gasteiger partial charge in [-0.25, -0.2) is 10.5 Å². The molecule has 1 aromatic heterocycles. The Balaban J connectivity index is 1.43. The van der Waals surface area contributed by atoms with Gasteiger partial charge in [0.05, 0.1) is 6.04 Å². The topological polar surface area (TPSA) is 94.6 Å². The molecule has 2 amide bonds. The van der Waals surface area contributed by atoms with Gasteiger partial charge in [0.25, 0.3) is 0 Å². The van der Waals surface area contributed by atoms with Gasteiger partial charge in [-0.3, -0.25) is 19.7 Å². The third kappa shape index (κ3) is 5.16. The van der Waals surface area contributed by atoms with E-state index in [4.69, 9.17) is 5.21 Å². The van der Waals surface area contributed by atoms with Gasteiger partial charge >= 0.3 is 0 Å². The molecule has 3 fully saturated rings. The molecule has 160 valence electrons. The Bertz CT molecular complexity index is 742. The summed E-state index contributed by atoms with van der Waals surface area (Å²) in [6, 6.07) is -0.162. The summed E-state index contributed by atoms with van der Waals surface area (Å²) < 4.78 is 0. The van der Waals surface area contributed by atoms with Gasteiger partial charge in [-0.1, -0.05) is 25.7 Å². The van der Waals surface area contributed by atoms with Gasteiger partial charge in [-0.15, -0.1) is 11.3 Å². The number of carbonyl (C=O) groups is 2. The smallest absolute Gasteiger partial charge is 0.243 e. The largest absolute Gasteiger partial charge is 0.301 e. The van der Waals surface area contributed by atoms with Gasteiger partial charge in [0.15, 0.2) is 5.13 Å². The van der Waals surface area contributed by atoms with Crippen molar-refractivity contribution in [2.24, 2.45) is 17.3 Å². The second-order valence-corrected chi connectivity index (χ2v) is 10.6. The minimum atomic E-state index is -0.326. The van der Waals surface area contributed by atoms with Crippen molar-refractivity contribution >= 4 is 28.3 Å². The lowest BCUT2D eigenvalue weighted by atomic mass is 9.90. The molecule has 0 aromatic carbocycles. The van der Waals surface area contributed by atoms with Crippen molar-refractivity contribution in [2.75, 3.05) is 18.4 Å². The lowest BCUT2D eigenvalue weighted by Crippen LogP contribution is -2.43. The molecule has 0 bridgehead atoms. The molecule has 1 aliphatic heterocycles. The molecule has 0 radical (unpaired) electrons. The van der Waals surface area contributed by atoms with Crippen molar-refractivity contribution in [1.29, 1.82) is 0 Å². The zero-order valence-corrected chi connectivity index (χ0v) is 18.0. The maximum absolute atomic E-state index is 13.0.